The van der Waals surface area contributed by atoms with Gasteiger partial charge >= 0.3 is 0 Å². The molecule has 1 aliphatic heterocycles. The Morgan fingerprint density at radius 1 is 1.00 bits per heavy atom. The van der Waals surface area contributed by atoms with Crippen LogP contribution in [0.3, 0.4) is 0 Å². The Kier molecular flexibility index (Phi) is 2.90. The van der Waals surface area contributed by atoms with E-state index in [1.807, 2.05) is 34.9 Å². The Labute approximate surface area is 113 Å². The van der Waals surface area contributed by atoms with Gasteiger partial charge in [-0.05, 0) is 31.0 Å². The zero-order chi connectivity index (χ0) is 13.4. The van der Waals surface area contributed by atoms with Gasteiger partial charge in [0.1, 0.15) is 5.82 Å². The molecule has 0 fully saturated rings. The van der Waals surface area contributed by atoms with E-state index in [9.17, 15) is 4.79 Å². The van der Waals surface area contributed by atoms with Gasteiger partial charge in [-0.15, -0.1) is 0 Å². The highest BCUT2D eigenvalue weighted by molar-refractivity contribution is 5.67. The van der Waals surface area contributed by atoms with Gasteiger partial charge in [0.15, 0.2) is 0 Å². The molecule has 2 aromatic rings. The predicted octanol–water partition coefficient (Wildman–Crippen LogP) is 2.74. The minimum Gasteiger partial charge on any atom is -0.354 e. The zero-order valence-corrected chi connectivity index (χ0v) is 11.3. The highest BCUT2D eigenvalue weighted by Gasteiger charge is 2.22. The summed E-state index contributed by atoms with van der Waals surface area (Å²) in [5.41, 5.74) is 2.20. The number of aromatic nitrogens is 1. The second kappa shape index (κ2) is 4.57. The van der Waals surface area contributed by atoms with Gasteiger partial charge in [0, 0.05) is 25.2 Å². The van der Waals surface area contributed by atoms with E-state index in [4.69, 9.17) is 0 Å². The Hall–Kier alpha value is -2.03. The zero-order valence-electron chi connectivity index (χ0n) is 11.3. The highest BCUT2D eigenvalue weighted by atomic mass is 16.1. The lowest BCUT2D eigenvalue weighted by molar-refractivity contribution is 0.696. The molecule has 0 spiro atoms. The van der Waals surface area contributed by atoms with Gasteiger partial charge in [-0.25, -0.2) is 0 Å². The van der Waals surface area contributed by atoms with E-state index in [1.165, 1.54) is 0 Å². The van der Waals surface area contributed by atoms with E-state index in [-0.39, 0.29) is 5.56 Å². The maximum Gasteiger partial charge on any atom is 0.252 e. The molecule has 0 aliphatic carbocycles. The molecule has 0 unspecified atom stereocenters. The number of rotatable bonds is 2. The third kappa shape index (κ3) is 2.05. The normalized spacial score (nSPS) is 13.9. The highest BCUT2D eigenvalue weighted by Crippen LogP contribution is 2.27. The molecule has 0 atom stereocenters. The fraction of sp³-hybridized carbons (Fsp3) is 0.312. The molecule has 3 heteroatoms. The van der Waals surface area contributed by atoms with Gasteiger partial charge in [-0.1, -0.05) is 30.3 Å². The molecular weight excluding hydrogens is 236 g/mol. The molecule has 0 amide bonds. The summed E-state index contributed by atoms with van der Waals surface area (Å²) in [6, 6.07) is 14.4. The molecule has 1 aromatic carbocycles. The number of pyridine rings is 1. The van der Waals surface area contributed by atoms with E-state index in [0.29, 0.717) is 6.04 Å². The fourth-order valence-corrected chi connectivity index (χ4v) is 2.69. The smallest absolute Gasteiger partial charge is 0.252 e. The lowest BCUT2D eigenvalue weighted by Gasteiger charge is -2.23. The van der Waals surface area contributed by atoms with Gasteiger partial charge in [-0.3, -0.25) is 9.36 Å². The van der Waals surface area contributed by atoms with Crippen LogP contribution in [0.2, 0.25) is 0 Å². The lowest BCUT2D eigenvalue weighted by atomic mass is 10.1. The summed E-state index contributed by atoms with van der Waals surface area (Å²) in [5.74, 6) is 1.04. The van der Waals surface area contributed by atoms with E-state index in [1.54, 1.807) is 6.07 Å². The largest absolute Gasteiger partial charge is 0.354 e. The van der Waals surface area contributed by atoms with Crippen molar-refractivity contribution in [2.75, 3.05) is 11.4 Å². The van der Waals surface area contributed by atoms with Crippen LogP contribution in [-0.4, -0.2) is 17.2 Å². The summed E-state index contributed by atoms with van der Waals surface area (Å²) in [7, 11) is 0. The molecule has 0 saturated heterocycles. The van der Waals surface area contributed by atoms with Crippen molar-refractivity contribution in [2.45, 2.75) is 26.4 Å². The van der Waals surface area contributed by atoms with E-state index >= 15 is 0 Å². The van der Waals surface area contributed by atoms with Gasteiger partial charge in [0.2, 0.25) is 0 Å². The van der Waals surface area contributed by atoms with Crippen LogP contribution in [0.4, 0.5) is 5.82 Å². The standard InChI is InChI=1S/C16H18N2O/c1-12(2)17-8-9-18-15(17)10-14(11-16(18)19)13-6-4-3-5-7-13/h3-7,10-12H,8-9H2,1-2H3. The Bertz CT molecular complexity index is 644. The van der Waals surface area contributed by atoms with E-state index in [0.717, 1.165) is 30.0 Å². The van der Waals surface area contributed by atoms with E-state index < -0.39 is 0 Å². The summed E-state index contributed by atoms with van der Waals surface area (Å²) in [5, 5.41) is 0. The van der Waals surface area contributed by atoms with Crippen LogP contribution in [0.1, 0.15) is 13.8 Å². The Balaban J connectivity index is 2.14. The number of nitrogens with zero attached hydrogens (tertiary/aromatic N) is 2. The second-order valence-corrected chi connectivity index (χ2v) is 5.25. The molecule has 2 heterocycles. The first-order valence-corrected chi connectivity index (χ1v) is 6.74. The molecule has 0 saturated carbocycles. The first kappa shape index (κ1) is 12.0. The van der Waals surface area contributed by atoms with Crippen molar-refractivity contribution in [1.29, 1.82) is 0 Å². The third-order valence-corrected chi connectivity index (χ3v) is 3.70. The van der Waals surface area contributed by atoms with Crippen LogP contribution in [0.5, 0.6) is 0 Å². The average Bonchev–Trinajstić information content (AvgIpc) is 2.84. The molecule has 3 rings (SSSR count). The van der Waals surface area contributed by atoms with Crippen LogP contribution in [0.15, 0.2) is 47.3 Å². The van der Waals surface area contributed by atoms with Gasteiger partial charge in [0.05, 0.1) is 0 Å². The number of benzene rings is 1. The molecule has 3 nitrogen and oxygen atoms in total. The molecule has 1 aromatic heterocycles. The van der Waals surface area contributed by atoms with Crippen LogP contribution >= 0.6 is 0 Å². The molecule has 1 aliphatic rings. The summed E-state index contributed by atoms with van der Waals surface area (Å²) in [6.07, 6.45) is 0. The lowest BCUT2D eigenvalue weighted by Crippen LogP contribution is -2.28. The van der Waals surface area contributed by atoms with Crippen LogP contribution in [0.25, 0.3) is 11.1 Å². The van der Waals surface area contributed by atoms with Gasteiger partial charge in [-0.2, -0.15) is 0 Å². The van der Waals surface area contributed by atoms with Crippen molar-refractivity contribution < 1.29 is 0 Å². The number of anilines is 1. The first-order chi connectivity index (χ1) is 9.16. The molecular formula is C16H18N2O. The first-order valence-electron chi connectivity index (χ1n) is 6.74. The monoisotopic (exact) mass is 254 g/mol. The second-order valence-electron chi connectivity index (χ2n) is 5.25. The van der Waals surface area contributed by atoms with Crippen molar-refractivity contribution in [1.82, 2.24) is 4.57 Å². The summed E-state index contributed by atoms with van der Waals surface area (Å²) < 4.78 is 1.87. The van der Waals surface area contributed by atoms with E-state index in [2.05, 4.69) is 24.8 Å². The van der Waals surface area contributed by atoms with Crippen LogP contribution < -0.4 is 10.5 Å². The summed E-state index contributed by atoms with van der Waals surface area (Å²) >= 11 is 0. The SMILES string of the molecule is CC(C)N1CCn2c1cc(-c1ccccc1)cc2=O. The van der Waals surface area contributed by atoms with Crippen molar-refractivity contribution in [3.63, 3.8) is 0 Å². The molecule has 19 heavy (non-hydrogen) atoms. The maximum absolute atomic E-state index is 12.2. The summed E-state index contributed by atoms with van der Waals surface area (Å²) in [6.45, 7) is 6.04. The topological polar surface area (TPSA) is 25.2 Å². The maximum atomic E-state index is 12.2. The van der Waals surface area contributed by atoms with Crippen LogP contribution in [0, 0.1) is 0 Å². The fourth-order valence-electron chi connectivity index (χ4n) is 2.69. The van der Waals surface area contributed by atoms with Crippen molar-refractivity contribution >= 4 is 5.82 Å². The van der Waals surface area contributed by atoms with Crippen molar-refractivity contribution in [3.8, 4) is 11.1 Å². The van der Waals surface area contributed by atoms with Crippen molar-refractivity contribution in [3.05, 3.63) is 52.8 Å². The third-order valence-electron chi connectivity index (χ3n) is 3.70. The minimum absolute atomic E-state index is 0.0968. The molecule has 0 bridgehead atoms. The Morgan fingerprint density at radius 2 is 1.74 bits per heavy atom. The Morgan fingerprint density at radius 3 is 2.42 bits per heavy atom. The van der Waals surface area contributed by atoms with Gasteiger partial charge < -0.3 is 4.90 Å². The van der Waals surface area contributed by atoms with Crippen LogP contribution in [-0.2, 0) is 6.54 Å². The summed E-state index contributed by atoms with van der Waals surface area (Å²) in [4.78, 5) is 14.5. The molecule has 0 radical (unpaired) electrons. The molecule has 0 N–H and O–H groups in total. The number of hydrogen-bond donors (Lipinski definition) is 0. The number of hydrogen-bond acceptors (Lipinski definition) is 2. The number of fused-ring (bicyclic) bond motifs is 1. The quantitative estimate of drug-likeness (QED) is 0.823. The predicted molar refractivity (Wildman–Crippen MR) is 78.6 cm³/mol. The van der Waals surface area contributed by atoms with Gasteiger partial charge in [0.25, 0.3) is 5.56 Å². The minimum atomic E-state index is 0.0968. The van der Waals surface area contributed by atoms with Crippen molar-refractivity contribution in [2.24, 2.45) is 0 Å². The molecule has 98 valence electrons. The average molecular weight is 254 g/mol.